The van der Waals surface area contributed by atoms with E-state index in [0.717, 1.165) is 71.9 Å². The summed E-state index contributed by atoms with van der Waals surface area (Å²) in [6.07, 6.45) is 0. The average molecular weight is 847 g/mol. The first-order chi connectivity index (χ1) is 32.2. The molecule has 0 aliphatic heterocycles. The van der Waals surface area contributed by atoms with E-state index in [4.69, 9.17) is 19.4 Å². The lowest BCUT2D eigenvalue weighted by atomic mass is 10.0. The van der Waals surface area contributed by atoms with Crippen molar-refractivity contribution in [1.29, 1.82) is 0 Å². The monoisotopic (exact) mass is 846 g/mol. The molecule has 10 aromatic carbocycles. The molecule has 0 saturated carbocycles. The van der Waals surface area contributed by atoms with Gasteiger partial charge in [0, 0.05) is 64.5 Å². The van der Waals surface area contributed by atoms with Gasteiger partial charge in [-0.1, -0.05) is 152 Å². The van der Waals surface area contributed by atoms with Gasteiger partial charge < -0.3 is 8.98 Å². The van der Waals surface area contributed by atoms with Crippen molar-refractivity contribution in [2.75, 3.05) is 0 Å². The van der Waals surface area contributed by atoms with Crippen LogP contribution in [0.5, 0.6) is 0 Å². The minimum absolute atomic E-state index is 0.574. The molecule has 0 aliphatic rings. The van der Waals surface area contributed by atoms with Crippen molar-refractivity contribution in [3.05, 3.63) is 206 Å². The van der Waals surface area contributed by atoms with Gasteiger partial charge in [-0.3, -0.25) is 0 Å². The maximum absolute atomic E-state index is 6.70. The maximum atomic E-state index is 6.70. The van der Waals surface area contributed by atoms with Crippen LogP contribution in [0.3, 0.4) is 0 Å². The molecule has 4 heterocycles. The molecule has 14 aromatic rings. The van der Waals surface area contributed by atoms with E-state index < -0.39 is 0 Å². The van der Waals surface area contributed by atoms with E-state index in [0.29, 0.717) is 17.5 Å². The molecule has 0 unspecified atom stereocenters. The summed E-state index contributed by atoms with van der Waals surface area (Å²) in [5.41, 5.74) is 9.69. The van der Waals surface area contributed by atoms with Crippen LogP contribution in [0.4, 0.5) is 0 Å². The molecule has 65 heavy (non-hydrogen) atoms. The Balaban J connectivity index is 1.12. The summed E-state index contributed by atoms with van der Waals surface area (Å²) in [5.74, 6) is 1.79. The predicted octanol–water partition coefficient (Wildman–Crippen LogP) is 16.2. The minimum Gasteiger partial charge on any atom is -0.456 e. The van der Waals surface area contributed by atoms with Gasteiger partial charge in [0.1, 0.15) is 11.2 Å². The summed E-state index contributed by atoms with van der Waals surface area (Å²) in [5, 5.41) is 11.5. The highest BCUT2D eigenvalue weighted by molar-refractivity contribution is 7.25. The number of thiophene rings is 1. The highest BCUT2D eigenvalue weighted by Crippen LogP contribution is 2.45. The number of fused-ring (bicyclic) bond motifs is 12. The van der Waals surface area contributed by atoms with E-state index in [2.05, 4.69) is 193 Å². The lowest BCUT2D eigenvalue weighted by Crippen LogP contribution is -2.04. The van der Waals surface area contributed by atoms with Crippen LogP contribution in [0.2, 0.25) is 0 Å². The smallest absolute Gasteiger partial charge is 0.166 e. The Kier molecular flexibility index (Phi) is 7.79. The number of rotatable bonds is 5. The van der Waals surface area contributed by atoms with Gasteiger partial charge >= 0.3 is 0 Å². The Hall–Kier alpha value is -8.45. The molecule has 0 atom stereocenters. The maximum Gasteiger partial charge on any atom is 0.166 e. The van der Waals surface area contributed by atoms with Gasteiger partial charge in [0.05, 0.1) is 16.7 Å². The molecule has 0 saturated heterocycles. The van der Waals surface area contributed by atoms with Crippen LogP contribution in [0.1, 0.15) is 0 Å². The largest absolute Gasteiger partial charge is 0.456 e. The number of aromatic nitrogens is 4. The third-order valence-corrected chi connectivity index (χ3v) is 14.1. The molecule has 5 nitrogen and oxygen atoms in total. The lowest BCUT2D eigenvalue weighted by Gasteiger charge is -2.16. The second kappa shape index (κ2) is 14.0. The Labute approximate surface area is 376 Å². The molecule has 14 rings (SSSR count). The summed E-state index contributed by atoms with van der Waals surface area (Å²) in [6, 6.07) is 73.3. The fraction of sp³-hybridized carbons (Fsp3) is 0. The quantitative estimate of drug-likeness (QED) is 0.173. The van der Waals surface area contributed by atoms with Crippen LogP contribution < -0.4 is 0 Å². The minimum atomic E-state index is 0.574. The zero-order valence-corrected chi connectivity index (χ0v) is 35.6. The van der Waals surface area contributed by atoms with Crippen molar-refractivity contribution in [2.24, 2.45) is 0 Å². The van der Waals surface area contributed by atoms with Gasteiger partial charge in [-0.25, -0.2) is 15.0 Å². The number of hydrogen-bond donors (Lipinski definition) is 0. The second-order valence-corrected chi connectivity index (χ2v) is 17.8. The van der Waals surface area contributed by atoms with E-state index in [1.165, 1.54) is 47.1 Å². The fourth-order valence-electron chi connectivity index (χ4n) is 10.0. The molecule has 0 amide bonds. The van der Waals surface area contributed by atoms with Crippen molar-refractivity contribution >= 4 is 96.8 Å². The van der Waals surface area contributed by atoms with Gasteiger partial charge in [0.25, 0.3) is 0 Å². The van der Waals surface area contributed by atoms with Crippen molar-refractivity contribution < 1.29 is 4.42 Å². The Bertz CT molecular complexity index is 4260. The summed E-state index contributed by atoms with van der Waals surface area (Å²) < 4.78 is 11.5. The normalized spacial score (nSPS) is 12.0. The van der Waals surface area contributed by atoms with Gasteiger partial charge in [-0.15, -0.1) is 11.3 Å². The third kappa shape index (κ3) is 5.61. The highest BCUT2D eigenvalue weighted by atomic mass is 32.1. The van der Waals surface area contributed by atoms with Crippen molar-refractivity contribution in [1.82, 2.24) is 19.5 Å². The van der Waals surface area contributed by atoms with Gasteiger partial charge in [0.2, 0.25) is 0 Å². The Morgan fingerprint density at radius 3 is 1.89 bits per heavy atom. The summed E-state index contributed by atoms with van der Waals surface area (Å²) in [6.45, 7) is 0. The van der Waals surface area contributed by atoms with Gasteiger partial charge in [-0.05, 0) is 81.2 Å². The van der Waals surface area contributed by atoms with Crippen molar-refractivity contribution in [3.63, 3.8) is 0 Å². The zero-order chi connectivity index (χ0) is 42.6. The number of benzene rings is 10. The molecule has 4 aromatic heterocycles. The van der Waals surface area contributed by atoms with Crippen LogP contribution in [0.25, 0.3) is 136 Å². The molecule has 0 fully saturated rings. The summed E-state index contributed by atoms with van der Waals surface area (Å²) in [7, 11) is 0. The summed E-state index contributed by atoms with van der Waals surface area (Å²) in [4.78, 5) is 16.4. The number of para-hydroxylation sites is 1. The van der Waals surface area contributed by atoms with Crippen LogP contribution in [-0.2, 0) is 0 Å². The van der Waals surface area contributed by atoms with Crippen molar-refractivity contribution in [3.8, 4) is 51.0 Å². The van der Waals surface area contributed by atoms with E-state index >= 15 is 0 Å². The number of nitrogens with zero attached hydrogens (tertiary/aromatic N) is 4. The standard InChI is InChI=1S/C59H34N4OS/c1-2-14-35(15-3-1)37-19-12-20-40(30-37)57-60-58(44-24-13-27-54-56(44)43-23-9-11-26-53(43)65-54)62-59(61-57)47-33-45-42-22-8-10-25-51(42)64-52(45)34-50(47)63-48-29-28-36-16-6-7-21-41(36)55(48)46-31-38-17-4-5-18-39(38)32-49(46)63/h1-34H. The Morgan fingerprint density at radius 1 is 0.354 bits per heavy atom. The molecular formula is C59H34N4OS. The first kappa shape index (κ1) is 36.1. The predicted molar refractivity (Wildman–Crippen MR) is 271 cm³/mol. The first-order valence-corrected chi connectivity index (χ1v) is 22.7. The van der Waals surface area contributed by atoms with Crippen LogP contribution in [0, 0.1) is 0 Å². The van der Waals surface area contributed by atoms with Crippen LogP contribution in [0.15, 0.2) is 211 Å². The molecular weight excluding hydrogens is 813 g/mol. The number of furan rings is 1. The molecule has 0 radical (unpaired) electrons. The number of hydrogen-bond acceptors (Lipinski definition) is 5. The lowest BCUT2D eigenvalue weighted by molar-refractivity contribution is 0.668. The van der Waals surface area contributed by atoms with Gasteiger partial charge in [-0.2, -0.15) is 0 Å². The molecule has 0 bridgehead atoms. The summed E-state index contributed by atoms with van der Waals surface area (Å²) >= 11 is 1.79. The fourth-order valence-corrected chi connectivity index (χ4v) is 11.2. The van der Waals surface area contributed by atoms with E-state index in [-0.39, 0.29) is 0 Å². The van der Waals surface area contributed by atoms with Crippen molar-refractivity contribution in [2.45, 2.75) is 0 Å². The van der Waals surface area contributed by atoms with Crippen LogP contribution >= 0.6 is 11.3 Å². The average Bonchev–Trinajstić information content (AvgIpc) is 4.04. The Morgan fingerprint density at radius 2 is 1.02 bits per heavy atom. The molecule has 6 heteroatoms. The SMILES string of the molecule is c1ccc(-c2cccc(-c3nc(-c4cc5c(cc4-n4c6cc7ccccc7cc6c6c7ccccc7ccc64)oc4ccccc45)nc(-c4cccc5sc6ccccc6c45)n3)c2)cc1. The molecule has 0 N–H and O–H groups in total. The van der Waals surface area contributed by atoms with E-state index in [1.807, 2.05) is 18.2 Å². The van der Waals surface area contributed by atoms with Crippen LogP contribution in [-0.4, -0.2) is 19.5 Å². The third-order valence-electron chi connectivity index (χ3n) is 13.0. The topological polar surface area (TPSA) is 56.7 Å². The molecule has 0 spiro atoms. The highest BCUT2D eigenvalue weighted by Gasteiger charge is 2.24. The van der Waals surface area contributed by atoms with E-state index in [9.17, 15) is 0 Å². The second-order valence-electron chi connectivity index (χ2n) is 16.7. The molecule has 0 aliphatic carbocycles. The van der Waals surface area contributed by atoms with Gasteiger partial charge in [0.15, 0.2) is 17.5 Å². The zero-order valence-electron chi connectivity index (χ0n) is 34.7. The first-order valence-electron chi connectivity index (χ1n) is 21.8. The van der Waals surface area contributed by atoms with E-state index in [1.54, 1.807) is 11.3 Å². The molecule has 302 valence electrons.